The lowest BCUT2D eigenvalue weighted by molar-refractivity contribution is -0.133. The lowest BCUT2D eigenvalue weighted by Gasteiger charge is -2.37. The van der Waals surface area contributed by atoms with Crippen LogP contribution < -0.4 is 25.4 Å². The fourth-order valence-electron chi connectivity index (χ4n) is 4.97. The van der Waals surface area contributed by atoms with Crippen LogP contribution in [0.5, 0.6) is 11.6 Å². The number of hydrogen-bond acceptors (Lipinski definition) is 7. The van der Waals surface area contributed by atoms with E-state index in [0.717, 1.165) is 22.4 Å². The van der Waals surface area contributed by atoms with Gasteiger partial charge >= 0.3 is 0 Å². The van der Waals surface area contributed by atoms with Crippen LogP contribution in [0.4, 0.5) is 17.2 Å². The Balaban J connectivity index is 1.61. The number of fused-ring (bicyclic) bond motifs is 4. The molecule has 0 bridgehead atoms. The number of benzene rings is 1. The van der Waals surface area contributed by atoms with Crippen molar-refractivity contribution in [3.63, 3.8) is 0 Å². The second kappa shape index (κ2) is 8.47. The minimum atomic E-state index is -1.38. The topological polar surface area (TPSA) is 120 Å². The van der Waals surface area contributed by atoms with Gasteiger partial charge in [-0.2, -0.15) is 0 Å². The van der Waals surface area contributed by atoms with Crippen LogP contribution in [-0.2, 0) is 15.2 Å². The molecule has 1 atom stereocenters. The van der Waals surface area contributed by atoms with E-state index in [-0.39, 0.29) is 5.91 Å². The van der Waals surface area contributed by atoms with Crippen molar-refractivity contribution >= 4 is 29.0 Å². The third-order valence-corrected chi connectivity index (χ3v) is 6.87. The van der Waals surface area contributed by atoms with E-state index in [0.29, 0.717) is 47.5 Å². The van der Waals surface area contributed by atoms with Gasteiger partial charge in [0.1, 0.15) is 23.9 Å². The molecular weight excluding hydrogens is 470 g/mol. The maximum absolute atomic E-state index is 13.1. The first kappa shape index (κ1) is 24.5. The fraction of sp³-hybridized carbons (Fsp3) is 0.357. The molecule has 3 aromatic rings. The molecule has 0 saturated heterocycles. The number of pyridine rings is 2. The van der Waals surface area contributed by atoms with Gasteiger partial charge in [-0.15, -0.1) is 0 Å². The first-order chi connectivity index (χ1) is 17.4. The van der Waals surface area contributed by atoms with E-state index >= 15 is 0 Å². The number of para-hydroxylation sites is 1. The molecule has 2 aliphatic heterocycles. The maximum Gasteiger partial charge on any atom is 0.266 e. The fourth-order valence-corrected chi connectivity index (χ4v) is 4.97. The number of carbonyl (C=O) groups excluding carboxylic acids is 2. The second-order valence-corrected chi connectivity index (χ2v) is 10.6. The molecule has 9 nitrogen and oxygen atoms in total. The van der Waals surface area contributed by atoms with E-state index in [1.807, 2.05) is 65.0 Å². The summed E-state index contributed by atoms with van der Waals surface area (Å²) in [5, 5.41) is 3.34. The zero-order valence-electron chi connectivity index (χ0n) is 21.9. The number of nitrogens with one attached hydrogen (secondary N) is 1. The number of carbonyl (C=O) groups is 2. The second-order valence-electron chi connectivity index (χ2n) is 10.6. The third-order valence-electron chi connectivity index (χ3n) is 6.87. The lowest BCUT2D eigenvalue weighted by atomic mass is 9.81. The van der Waals surface area contributed by atoms with Crippen LogP contribution in [0.15, 0.2) is 36.5 Å². The van der Waals surface area contributed by atoms with Crippen molar-refractivity contribution in [3.8, 4) is 22.8 Å². The molecule has 1 aromatic carbocycles. The van der Waals surface area contributed by atoms with Gasteiger partial charge < -0.3 is 25.4 Å². The van der Waals surface area contributed by atoms with Crippen molar-refractivity contribution in [2.75, 3.05) is 23.4 Å². The smallest absolute Gasteiger partial charge is 0.266 e. The van der Waals surface area contributed by atoms with Gasteiger partial charge in [0, 0.05) is 33.4 Å². The molecule has 37 heavy (non-hydrogen) atoms. The summed E-state index contributed by atoms with van der Waals surface area (Å²) in [6.07, 6.45) is 1.64. The number of hydrogen-bond donors (Lipinski definition) is 2. The monoisotopic (exact) mass is 501 g/mol. The molecule has 2 amide bonds. The van der Waals surface area contributed by atoms with E-state index in [1.54, 1.807) is 18.0 Å². The summed E-state index contributed by atoms with van der Waals surface area (Å²) in [4.78, 5) is 36.8. The zero-order chi connectivity index (χ0) is 26.7. The highest BCUT2D eigenvalue weighted by atomic mass is 16.5. The molecule has 0 fully saturated rings. The molecule has 0 aliphatic carbocycles. The average molecular weight is 502 g/mol. The summed E-state index contributed by atoms with van der Waals surface area (Å²) in [6, 6.07) is 9.39. The van der Waals surface area contributed by atoms with Gasteiger partial charge in [0.15, 0.2) is 0 Å². The van der Waals surface area contributed by atoms with E-state index in [9.17, 15) is 9.59 Å². The first-order valence-electron chi connectivity index (χ1n) is 12.2. The number of rotatable bonds is 3. The molecule has 3 N–H and O–H groups in total. The summed E-state index contributed by atoms with van der Waals surface area (Å²) >= 11 is 0. The third kappa shape index (κ3) is 3.94. The summed E-state index contributed by atoms with van der Waals surface area (Å²) in [5.74, 6) is 0.935. The molecule has 0 spiro atoms. The zero-order valence-corrected chi connectivity index (χ0v) is 21.9. The van der Waals surface area contributed by atoms with Crippen molar-refractivity contribution in [1.82, 2.24) is 9.97 Å². The maximum atomic E-state index is 13.1. The van der Waals surface area contributed by atoms with Crippen LogP contribution in [0.3, 0.4) is 0 Å². The van der Waals surface area contributed by atoms with E-state index in [2.05, 4.69) is 10.3 Å². The van der Waals surface area contributed by atoms with Crippen molar-refractivity contribution < 1.29 is 19.1 Å². The lowest BCUT2D eigenvalue weighted by Crippen LogP contribution is -2.46. The van der Waals surface area contributed by atoms with Crippen molar-refractivity contribution in [2.45, 2.75) is 47.1 Å². The number of aromatic nitrogens is 2. The Morgan fingerprint density at radius 3 is 2.62 bits per heavy atom. The summed E-state index contributed by atoms with van der Waals surface area (Å²) < 4.78 is 11.9. The Morgan fingerprint density at radius 2 is 1.92 bits per heavy atom. The van der Waals surface area contributed by atoms with Gasteiger partial charge in [-0.1, -0.05) is 39.0 Å². The molecule has 2 aliphatic rings. The van der Waals surface area contributed by atoms with Gasteiger partial charge in [-0.05, 0) is 32.9 Å². The molecule has 0 saturated carbocycles. The number of anilines is 3. The molecule has 5 rings (SSSR count). The van der Waals surface area contributed by atoms with Gasteiger partial charge in [0.25, 0.3) is 5.91 Å². The number of amides is 2. The minimum Gasteiger partial charge on any atom is -0.474 e. The highest BCUT2D eigenvalue weighted by Crippen LogP contribution is 2.49. The van der Waals surface area contributed by atoms with Gasteiger partial charge in [-0.3, -0.25) is 9.59 Å². The van der Waals surface area contributed by atoms with Crippen LogP contribution >= 0.6 is 0 Å². The van der Waals surface area contributed by atoms with Crippen molar-refractivity contribution in [1.29, 1.82) is 0 Å². The molecular formula is C28H31N5O4. The average Bonchev–Trinajstić information content (AvgIpc) is 2.85. The van der Waals surface area contributed by atoms with Gasteiger partial charge in [-0.25, -0.2) is 9.97 Å². The van der Waals surface area contributed by atoms with Crippen LogP contribution in [0.2, 0.25) is 0 Å². The van der Waals surface area contributed by atoms with Gasteiger partial charge in [0.2, 0.25) is 17.4 Å². The van der Waals surface area contributed by atoms with Crippen LogP contribution in [0.1, 0.15) is 44.5 Å². The standard InChI is InChI=1S/C28H31N5O4/c1-15-22-21(18-9-7-8-10-20(18)37-28(22,6)25(29)34)16(2)31-23(15)32-17-13-19-24(30-14-17)36-12-11-33(19)26(35)27(3,4)5/h7-10,13-14H,11-12H2,1-6H3,(H2,29,34)(H,31,32). The molecule has 192 valence electrons. The van der Waals surface area contributed by atoms with E-state index < -0.39 is 16.9 Å². The molecule has 9 heteroatoms. The summed E-state index contributed by atoms with van der Waals surface area (Å²) in [7, 11) is 0. The van der Waals surface area contributed by atoms with Crippen LogP contribution in [0.25, 0.3) is 11.1 Å². The quantitative estimate of drug-likeness (QED) is 0.547. The van der Waals surface area contributed by atoms with Crippen molar-refractivity contribution in [3.05, 3.63) is 53.3 Å². The Morgan fingerprint density at radius 1 is 1.19 bits per heavy atom. The Kier molecular flexibility index (Phi) is 5.62. The Hall–Kier alpha value is -4.14. The summed E-state index contributed by atoms with van der Waals surface area (Å²) in [6.45, 7) is 12.0. The predicted molar refractivity (Wildman–Crippen MR) is 141 cm³/mol. The predicted octanol–water partition coefficient (Wildman–Crippen LogP) is 4.37. The Bertz CT molecular complexity index is 1450. The first-order valence-corrected chi connectivity index (χ1v) is 12.2. The Labute approximate surface area is 216 Å². The normalized spacial score (nSPS) is 18.1. The van der Waals surface area contributed by atoms with E-state index in [4.69, 9.17) is 20.2 Å². The number of nitrogens with zero attached hydrogens (tertiary/aromatic N) is 3. The summed E-state index contributed by atoms with van der Waals surface area (Å²) in [5.41, 5.74) is 9.01. The largest absolute Gasteiger partial charge is 0.474 e. The number of aryl methyl sites for hydroxylation is 1. The van der Waals surface area contributed by atoms with Crippen molar-refractivity contribution in [2.24, 2.45) is 11.1 Å². The molecule has 2 aromatic heterocycles. The number of ether oxygens (including phenoxy) is 2. The number of nitrogens with two attached hydrogens (primary N) is 1. The minimum absolute atomic E-state index is 0.0111. The number of primary amides is 1. The van der Waals surface area contributed by atoms with Gasteiger partial charge in [0.05, 0.1) is 18.4 Å². The molecule has 1 unspecified atom stereocenters. The molecule has 0 radical (unpaired) electrons. The van der Waals surface area contributed by atoms with Crippen LogP contribution in [0, 0.1) is 19.3 Å². The highest BCUT2D eigenvalue weighted by molar-refractivity contribution is 5.99. The highest BCUT2D eigenvalue weighted by Gasteiger charge is 2.45. The molecule has 4 heterocycles. The SMILES string of the molecule is Cc1nc(Nc2cnc3c(c2)N(C(=O)C(C)(C)C)CCO3)c(C)c2c1-c1ccccc1OC2(C)C(N)=O. The van der Waals surface area contributed by atoms with E-state index in [1.165, 1.54) is 0 Å². The van der Waals surface area contributed by atoms with Crippen LogP contribution in [-0.4, -0.2) is 34.9 Å².